The highest BCUT2D eigenvalue weighted by atomic mass is 16.5. The quantitative estimate of drug-likeness (QED) is 0.564. The first-order valence-corrected chi connectivity index (χ1v) is 5.71. The van der Waals surface area contributed by atoms with Gasteiger partial charge in [-0.3, -0.25) is 4.79 Å². The van der Waals surface area contributed by atoms with Crippen molar-refractivity contribution in [2.24, 2.45) is 5.92 Å². The van der Waals surface area contributed by atoms with Crippen LogP contribution < -0.4 is 5.32 Å². The molecule has 1 atom stereocenters. The Bertz CT molecular complexity index is 156. The van der Waals surface area contributed by atoms with Gasteiger partial charge in [0.1, 0.15) is 0 Å². The number of ether oxygens (including phenoxy) is 1. The predicted octanol–water partition coefficient (Wildman–Crippen LogP) is 0.938. The fraction of sp³-hybridized carbons (Fsp3) is 0.909. The summed E-state index contributed by atoms with van der Waals surface area (Å²) in [4.78, 5) is 11.0. The van der Waals surface area contributed by atoms with Gasteiger partial charge in [0.2, 0.25) is 0 Å². The smallest absolute Gasteiger partial charge is 0.319 e. The molecule has 2 N–H and O–H groups in total. The Labute approximate surface area is 92.0 Å². The summed E-state index contributed by atoms with van der Waals surface area (Å²) in [6.45, 7) is 5.59. The lowest BCUT2D eigenvalue weighted by atomic mass is 10.0. The Morgan fingerprint density at radius 3 is 2.67 bits per heavy atom. The van der Waals surface area contributed by atoms with Crippen LogP contribution in [0.1, 0.15) is 33.1 Å². The van der Waals surface area contributed by atoms with E-state index < -0.39 is 0 Å². The van der Waals surface area contributed by atoms with Crippen LogP contribution in [-0.4, -0.2) is 37.4 Å². The third-order valence-electron chi connectivity index (χ3n) is 2.24. The number of esters is 1. The average Bonchev–Trinajstić information content (AvgIpc) is 2.19. The van der Waals surface area contributed by atoms with E-state index in [9.17, 15) is 4.79 Å². The van der Waals surface area contributed by atoms with Gasteiger partial charge in [0.05, 0.1) is 13.2 Å². The zero-order chi connectivity index (χ0) is 11.5. The fourth-order valence-electron chi connectivity index (χ4n) is 1.53. The summed E-state index contributed by atoms with van der Waals surface area (Å²) < 4.78 is 4.79. The molecule has 0 aromatic carbocycles. The highest BCUT2D eigenvalue weighted by Crippen LogP contribution is 2.08. The maximum absolute atomic E-state index is 11.0. The Hall–Kier alpha value is -0.610. The number of aliphatic hydroxyl groups excluding tert-OH is 1. The van der Waals surface area contributed by atoms with E-state index in [0.29, 0.717) is 12.5 Å². The molecule has 0 saturated carbocycles. The Morgan fingerprint density at radius 2 is 2.13 bits per heavy atom. The normalized spacial score (nSPS) is 12.5. The molecule has 0 spiro atoms. The second-order valence-electron chi connectivity index (χ2n) is 3.60. The van der Waals surface area contributed by atoms with Crippen molar-refractivity contribution in [3.05, 3.63) is 0 Å². The van der Waals surface area contributed by atoms with E-state index in [2.05, 4.69) is 12.2 Å². The number of carbonyl (C=O) groups excluding carboxylic acids is 1. The molecule has 4 heteroatoms. The van der Waals surface area contributed by atoms with Gasteiger partial charge in [-0.05, 0) is 32.2 Å². The summed E-state index contributed by atoms with van der Waals surface area (Å²) in [5, 5.41) is 11.9. The molecular formula is C11H23NO3. The molecule has 0 aromatic heterocycles. The van der Waals surface area contributed by atoms with Crippen molar-refractivity contribution in [1.82, 2.24) is 5.32 Å². The van der Waals surface area contributed by atoms with Gasteiger partial charge in [0.15, 0.2) is 0 Å². The molecule has 0 saturated heterocycles. The SMILES string of the molecule is CCCC(CCO)CNCC(=O)OCC. The van der Waals surface area contributed by atoms with Crippen LogP contribution in [0.5, 0.6) is 0 Å². The van der Waals surface area contributed by atoms with Crippen LogP contribution in [0.25, 0.3) is 0 Å². The molecule has 1 unspecified atom stereocenters. The zero-order valence-corrected chi connectivity index (χ0v) is 9.79. The third-order valence-corrected chi connectivity index (χ3v) is 2.24. The zero-order valence-electron chi connectivity index (χ0n) is 9.79. The molecule has 4 nitrogen and oxygen atoms in total. The van der Waals surface area contributed by atoms with Gasteiger partial charge in [-0.15, -0.1) is 0 Å². The minimum absolute atomic E-state index is 0.211. The first-order chi connectivity index (χ1) is 7.24. The van der Waals surface area contributed by atoms with Crippen molar-refractivity contribution in [1.29, 1.82) is 0 Å². The van der Waals surface area contributed by atoms with Crippen molar-refractivity contribution in [2.75, 3.05) is 26.3 Å². The highest BCUT2D eigenvalue weighted by molar-refractivity contribution is 5.71. The second-order valence-corrected chi connectivity index (χ2v) is 3.60. The fourth-order valence-corrected chi connectivity index (χ4v) is 1.53. The van der Waals surface area contributed by atoms with Gasteiger partial charge in [0.25, 0.3) is 0 Å². The van der Waals surface area contributed by atoms with Crippen LogP contribution in [0.2, 0.25) is 0 Å². The third kappa shape index (κ3) is 8.39. The molecule has 0 heterocycles. The molecule has 15 heavy (non-hydrogen) atoms. The summed E-state index contributed by atoms with van der Waals surface area (Å²) >= 11 is 0. The van der Waals surface area contributed by atoms with E-state index in [1.165, 1.54) is 0 Å². The van der Waals surface area contributed by atoms with Crippen LogP contribution in [0.15, 0.2) is 0 Å². The maximum Gasteiger partial charge on any atom is 0.319 e. The maximum atomic E-state index is 11.0. The summed E-state index contributed by atoms with van der Waals surface area (Å²) in [7, 11) is 0. The van der Waals surface area contributed by atoms with Gasteiger partial charge in [-0.25, -0.2) is 0 Å². The number of carbonyl (C=O) groups is 1. The topological polar surface area (TPSA) is 58.6 Å². The molecule has 0 fully saturated rings. The van der Waals surface area contributed by atoms with Crippen molar-refractivity contribution in [3.8, 4) is 0 Å². The molecule has 0 aliphatic rings. The lowest BCUT2D eigenvalue weighted by Gasteiger charge is -2.15. The monoisotopic (exact) mass is 217 g/mol. The van der Waals surface area contributed by atoms with Crippen LogP contribution >= 0.6 is 0 Å². The number of nitrogens with one attached hydrogen (secondary N) is 1. The molecule has 0 rings (SSSR count). The van der Waals surface area contributed by atoms with Gasteiger partial charge in [-0.1, -0.05) is 13.3 Å². The highest BCUT2D eigenvalue weighted by Gasteiger charge is 2.08. The summed E-state index contributed by atoms with van der Waals surface area (Å²) in [6.07, 6.45) is 2.98. The van der Waals surface area contributed by atoms with Crippen LogP contribution in [-0.2, 0) is 9.53 Å². The van der Waals surface area contributed by atoms with Crippen LogP contribution in [0.3, 0.4) is 0 Å². The molecule has 0 aliphatic heterocycles. The number of hydrogen-bond donors (Lipinski definition) is 2. The molecule has 0 aromatic rings. The van der Waals surface area contributed by atoms with E-state index in [1.54, 1.807) is 6.92 Å². The first-order valence-electron chi connectivity index (χ1n) is 5.71. The van der Waals surface area contributed by atoms with E-state index >= 15 is 0 Å². The summed E-state index contributed by atoms with van der Waals surface area (Å²) in [6, 6.07) is 0. The molecule has 0 bridgehead atoms. The van der Waals surface area contributed by atoms with E-state index in [1.807, 2.05) is 0 Å². The first kappa shape index (κ1) is 14.4. The van der Waals surface area contributed by atoms with Gasteiger partial charge in [0, 0.05) is 6.61 Å². The van der Waals surface area contributed by atoms with Crippen molar-refractivity contribution < 1.29 is 14.6 Å². The van der Waals surface area contributed by atoms with Gasteiger partial charge in [-0.2, -0.15) is 0 Å². The van der Waals surface area contributed by atoms with E-state index in [-0.39, 0.29) is 19.1 Å². The largest absolute Gasteiger partial charge is 0.465 e. The second kappa shape index (κ2) is 9.93. The standard InChI is InChI=1S/C11H23NO3/c1-3-5-10(6-7-13)8-12-9-11(14)15-4-2/h10,12-13H,3-9H2,1-2H3. The predicted molar refractivity (Wildman–Crippen MR) is 59.6 cm³/mol. The number of aliphatic hydroxyl groups is 1. The Balaban J connectivity index is 3.55. The minimum Gasteiger partial charge on any atom is -0.465 e. The molecule has 90 valence electrons. The number of hydrogen-bond acceptors (Lipinski definition) is 4. The van der Waals surface area contributed by atoms with Crippen molar-refractivity contribution in [3.63, 3.8) is 0 Å². The number of rotatable bonds is 9. The summed E-state index contributed by atoms with van der Waals surface area (Å²) in [5.41, 5.74) is 0. The van der Waals surface area contributed by atoms with Crippen LogP contribution in [0, 0.1) is 5.92 Å². The minimum atomic E-state index is -0.211. The average molecular weight is 217 g/mol. The molecule has 0 amide bonds. The summed E-state index contributed by atoms with van der Waals surface area (Å²) in [5.74, 6) is 0.242. The van der Waals surface area contributed by atoms with E-state index in [0.717, 1.165) is 25.8 Å². The molecule has 0 radical (unpaired) electrons. The Kier molecular flexibility index (Phi) is 9.52. The lowest BCUT2D eigenvalue weighted by molar-refractivity contribution is -0.142. The van der Waals surface area contributed by atoms with Crippen molar-refractivity contribution in [2.45, 2.75) is 33.1 Å². The van der Waals surface area contributed by atoms with Crippen molar-refractivity contribution >= 4 is 5.97 Å². The van der Waals surface area contributed by atoms with Gasteiger partial charge >= 0.3 is 5.97 Å². The van der Waals surface area contributed by atoms with Gasteiger partial charge < -0.3 is 15.2 Å². The van der Waals surface area contributed by atoms with Crippen LogP contribution in [0.4, 0.5) is 0 Å². The Morgan fingerprint density at radius 1 is 1.40 bits per heavy atom. The molecule has 0 aliphatic carbocycles. The lowest BCUT2D eigenvalue weighted by Crippen LogP contribution is -2.30. The van der Waals surface area contributed by atoms with E-state index in [4.69, 9.17) is 9.84 Å². The molecular weight excluding hydrogens is 194 g/mol.